The van der Waals surface area contributed by atoms with Gasteiger partial charge in [0.15, 0.2) is 0 Å². The zero-order chi connectivity index (χ0) is 20.5. The van der Waals surface area contributed by atoms with Crippen LogP contribution in [0.4, 0.5) is 18.9 Å². The van der Waals surface area contributed by atoms with E-state index in [1.54, 1.807) is 0 Å². The van der Waals surface area contributed by atoms with Crippen LogP contribution >= 0.6 is 0 Å². The summed E-state index contributed by atoms with van der Waals surface area (Å²) in [6.07, 6.45) is -4.64. The normalized spacial score (nSPS) is 19.5. The Morgan fingerprint density at radius 3 is 2.39 bits per heavy atom. The molecular weight excluding hydrogens is 371 g/mol. The molecule has 0 aliphatic carbocycles. The lowest BCUT2D eigenvalue weighted by molar-refractivity contribution is -0.137. The van der Waals surface area contributed by atoms with E-state index in [0.717, 1.165) is 17.7 Å². The van der Waals surface area contributed by atoms with Crippen LogP contribution in [0.15, 0.2) is 48.5 Å². The predicted octanol–water partition coefficient (Wildman–Crippen LogP) is 3.23. The fourth-order valence-electron chi connectivity index (χ4n) is 3.42. The van der Waals surface area contributed by atoms with Gasteiger partial charge in [-0.2, -0.15) is 13.2 Å². The van der Waals surface area contributed by atoms with E-state index in [2.05, 4.69) is 5.32 Å². The molecule has 0 aromatic heterocycles. The highest BCUT2D eigenvalue weighted by molar-refractivity contribution is 5.97. The molecule has 1 aliphatic heterocycles. The van der Waals surface area contributed by atoms with Gasteiger partial charge in [0.2, 0.25) is 5.91 Å². The van der Waals surface area contributed by atoms with Gasteiger partial charge in [0.25, 0.3) is 5.91 Å². The summed E-state index contributed by atoms with van der Waals surface area (Å²) in [5, 5.41) is 2.31. The van der Waals surface area contributed by atoms with Gasteiger partial charge in [-0.1, -0.05) is 30.3 Å². The number of nitrogens with two attached hydrogens (primary N) is 1. The number of nitrogens with zero attached hydrogens (tertiary/aromatic N) is 1. The van der Waals surface area contributed by atoms with Gasteiger partial charge in [-0.15, -0.1) is 0 Å². The number of hydrogen-bond donors (Lipinski definition) is 2. The maximum atomic E-state index is 13.2. The van der Waals surface area contributed by atoms with Gasteiger partial charge in [0, 0.05) is 43.2 Å². The van der Waals surface area contributed by atoms with Crippen LogP contribution in [-0.2, 0) is 11.0 Å². The fourth-order valence-corrected chi connectivity index (χ4v) is 3.42. The van der Waals surface area contributed by atoms with Crippen molar-refractivity contribution >= 4 is 17.5 Å². The molecule has 0 radical (unpaired) electrons. The molecule has 2 amide bonds. The van der Waals surface area contributed by atoms with Crippen molar-refractivity contribution in [2.24, 2.45) is 5.73 Å². The van der Waals surface area contributed by atoms with E-state index in [0.29, 0.717) is 6.54 Å². The van der Waals surface area contributed by atoms with Crippen molar-refractivity contribution in [3.8, 4) is 0 Å². The lowest BCUT2D eigenvalue weighted by Gasteiger charge is -2.18. The lowest BCUT2D eigenvalue weighted by Crippen LogP contribution is -2.32. The first kappa shape index (κ1) is 19.9. The summed E-state index contributed by atoms with van der Waals surface area (Å²) in [5.74, 6) is -1.16. The van der Waals surface area contributed by atoms with Crippen molar-refractivity contribution in [1.82, 2.24) is 4.90 Å². The maximum Gasteiger partial charge on any atom is 0.416 e. The van der Waals surface area contributed by atoms with E-state index in [9.17, 15) is 22.8 Å². The van der Waals surface area contributed by atoms with Crippen molar-refractivity contribution in [3.05, 3.63) is 65.2 Å². The second-order valence-electron chi connectivity index (χ2n) is 6.87. The second-order valence-corrected chi connectivity index (χ2v) is 6.87. The number of alkyl halides is 3. The Bertz CT molecular complexity index is 884. The zero-order valence-electron chi connectivity index (χ0n) is 15.2. The molecule has 2 atom stereocenters. The molecule has 3 rings (SSSR count). The van der Waals surface area contributed by atoms with E-state index in [1.165, 1.54) is 17.9 Å². The Kier molecular flexibility index (Phi) is 5.42. The maximum absolute atomic E-state index is 13.2. The number of rotatable bonds is 3. The fraction of sp³-hybridized carbons (Fsp3) is 0.300. The quantitative estimate of drug-likeness (QED) is 0.844. The molecule has 2 aromatic rings. The minimum Gasteiger partial charge on any atom is -0.336 e. The average molecular weight is 391 g/mol. The van der Waals surface area contributed by atoms with Gasteiger partial charge in [0.05, 0.1) is 5.56 Å². The third-order valence-corrected chi connectivity index (χ3v) is 4.71. The van der Waals surface area contributed by atoms with Crippen LogP contribution in [-0.4, -0.2) is 35.8 Å². The summed E-state index contributed by atoms with van der Waals surface area (Å²) in [5.41, 5.74) is 5.95. The summed E-state index contributed by atoms with van der Waals surface area (Å²) >= 11 is 0. The van der Waals surface area contributed by atoms with Crippen molar-refractivity contribution in [2.45, 2.75) is 25.1 Å². The van der Waals surface area contributed by atoms with Gasteiger partial charge >= 0.3 is 6.18 Å². The van der Waals surface area contributed by atoms with E-state index >= 15 is 0 Å². The van der Waals surface area contributed by atoms with Gasteiger partial charge in [-0.05, 0) is 23.8 Å². The second kappa shape index (κ2) is 7.63. The predicted molar refractivity (Wildman–Crippen MR) is 98.8 cm³/mol. The zero-order valence-corrected chi connectivity index (χ0v) is 15.2. The number of likely N-dealkylation sites (tertiary alicyclic amines) is 1. The summed E-state index contributed by atoms with van der Waals surface area (Å²) < 4.78 is 39.6. The third-order valence-electron chi connectivity index (χ3n) is 4.71. The minimum atomic E-state index is -4.64. The van der Waals surface area contributed by atoms with Gasteiger partial charge in [-0.3, -0.25) is 9.59 Å². The number of anilines is 1. The van der Waals surface area contributed by atoms with Gasteiger partial charge in [-0.25, -0.2) is 0 Å². The molecule has 8 heteroatoms. The van der Waals surface area contributed by atoms with Crippen molar-refractivity contribution < 1.29 is 22.8 Å². The van der Waals surface area contributed by atoms with E-state index in [1.807, 2.05) is 30.3 Å². The Hall–Kier alpha value is -2.87. The first-order valence-corrected chi connectivity index (χ1v) is 8.75. The SMILES string of the molecule is CC(=O)Nc1cc(C(=O)N2C[C@@H](N)[C@H](c3ccccc3)C2)cc(C(F)(F)F)c1. The molecule has 1 aliphatic rings. The van der Waals surface area contributed by atoms with Crippen LogP contribution < -0.4 is 11.1 Å². The van der Waals surface area contributed by atoms with Crippen LogP contribution in [0.2, 0.25) is 0 Å². The van der Waals surface area contributed by atoms with Crippen LogP contribution in [0, 0.1) is 0 Å². The summed E-state index contributed by atoms with van der Waals surface area (Å²) in [4.78, 5) is 25.6. The highest BCUT2D eigenvalue weighted by atomic mass is 19.4. The smallest absolute Gasteiger partial charge is 0.336 e. The Balaban J connectivity index is 1.88. The van der Waals surface area contributed by atoms with E-state index in [4.69, 9.17) is 5.73 Å². The van der Waals surface area contributed by atoms with Crippen molar-refractivity contribution in [2.75, 3.05) is 18.4 Å². The molecule has 5 nitrogen and oxygen atoms in total. The summed E-state index contributed by atoms with van der Waals surface area (Å²) in [6, 6.07) is 12.0. The molecule has 0 saturated carbocycles. The molecule has 2 aromatic carbocycles. The average Bonchev–Trinajstić information content (AvgIpc) is 3.02. The minimum absolute atomic E-state index is 0.0752. The number of carbonyl (C=O) groups excluding carboxylic acids is 2. The molecular formula is C20H20F3N3O2. The molecule has 148 valence electrons. The highest BCUT2D eigenvalue weighted by Gasteiger charge is 2.36. The standard InChI is InChI=1S/C20H20F3N3O2/c1-12(27)25-16-8-14(7-15(9-16)20(21,22)23)19(28)26-10-17(18(24)11-26)13-5-3-2-4-6-13/h2-9,17-18H,10-11,24H2,1H3,(H,25,27)/t17-,18+/m0/s1. The molecule has 28 heavy (non-hydrogen) atoms. The molecule has 0 spiro atoms. The van der Waals surface area contributed by atoms with Crippen LogP contribution in [0.1, 0.15) is 34.3 Å². The summed E-state index contributed by atoms with van der Waals surface area (Å²) in [6.45, 7) is 1.74. The van der Waals surface area contributed by atoms with Crippen LogP contribution in [0.5, 0.6) is 0 Å². The lowest BCUT2D eigenvalue weighted by atomic mass is 9.95. The topological polar surface area (TPSA) is 75.4 Å². The number of nitrogens with one attached hydrogen (secondary N) is 1. The number of halogens is 3. The molecule has 1 heterocycles. The number of carbonyl (C=O) groups is 2. The van der Waals surface area contributed by atoms with Crippen LogP contribution in [0.3, 0.4) is 0 Å². The first-order chi connectivity index (χ1) is 13.1. The van der Waals surface area contributed by atoms with Crippen molar-refractivity contribution in [3.63, 3.8) is 0 Å². The molecule has 0 unspecified atom stereocenters. The number of hydrogen-bond acceptors (Lipinski definition) is 3. The largest absolute Gasteiger partial charge is 0.416 e. The van der Waals surface area contributed by atoms with Gasteiger partial charge < -0.3 is 16.0 Å². The first-order valence-electron chi connectivity index (χ1n) is 8.75. The van der Waals surface area contributed by atoms with Crippen molar-refractivity contribution in [1.29, 1.82) is 0 Å². The molecule has 3 N–H and O–H groups in total. The number of benzene rings is 2. The molecule has 0 bridgehead atoms. The third kappa shape index (κ3) is 4.33. The monoisotopic (exact) mass is 391 g/mol. The molecule has 1 saturated heterocycles. The van der Waals surface area contributed by atoms with E-state index < -0.39 is 23.6 Å². The highest BCUT2D eigenvalue weighted by Crippen LogP contribution is 2.33. The van der Waals surface area contributed by atoms with Crippen LogP contribution in [0.25, 0.3) is 0 Å². The Morgan fingerprint density at radius 2 is 1.79 bits per heavy atom. The Labute approximate surface area is 160 Å². The van der Waals surface area contributed by atoms with Gasteiger partial charge in [0.1, 0.15) is 0 Å². The number of amides is 2. The van der Waals surface area contributed by atoms with E-state index in [-0.39, 0.29) is 29.8 Å². The Morgan fingerprint density at radius 1 is 1.11 bits per heavy atom. The summed E-state index contributed by atoms with van der Waals surface area (Å²) in [7, 11) is 0. The molecule has 1 fully saturated rings.